The van der Waals surface area contributed by atoms with Crippen molar-refractivity contribution in [3.05, 3.63) is 30.6 Å². The molecule has 7 nitrogen and oxygen atoms in total. The van der Waals surface area contributed by atoms with Gasteiger partial charge in [0.05, 0.1) is 31.6 Å². The first-order valence-corrected chi connectivity index (χ1v) is 7.22. The van der Waals surface area contributed by atoms with Gasteiger partial charge in [-0.3, -0.25) is 4.68 Å². The molecule has 1 fully saturated rings. The van der Waals surface area contributed by atoms with Crippen LogP contribution in [-0.2, 0) is 17.8 Å². The van der Waals surface area contributed by atoms with Crippen molar-refractivity contribution in [3.63, 3.8) is 0 Å². The van der Waals surface area contributed by atoms with E-state index < -0.39 is 0 Å². The Morgan fingerprint density at radius 1 is 1.43 bits per heavy atom. The summed E-state index contributed by atoms with van der Waals surface area (Å²) < 4.78 is 15.1. The summed E-state index contributed by atoms with van der Waals surface area (Å²) in [4.78, 5) is 4.21. The fourth-order valence-corrected chi connectivity index (χ4v) is 2.42. The second kappa shape index (κ2) is 6.28. The normalized spacial score (nSPS) is 21.8. The lowest BCUT2D eigenvalue weighted by Crippen LogP contribution is -2.37. The van der Waals surface area contributed by atoms with Gasteiger partial charge in [0, 0.05) is 25.5 Å². The van der Waals surface area contributed by atoms with Crippen LogP contribution in [0.25, 0.3) is 0 Å². The van der Waals surface area contributed by atoms with E-state index in [0.717, 1.165) is 31.1 Å². The lowest BCUT2D eigenvalue weighted by molar-refractivity contribution is 0.140. The minimum atomic E-state index is -0.0729. The summed E-state index contributed by atoms with van der Waals surface area (Å²) in [6, 6.07) is -0.0578. The van der Waals surface area contributed by atoms with Crippen molar-refractivity contribution in [1.82, 2.24) is 19.3 Å². The molecular weight excluding hydrogens is 270 g/mol. The van der Waals surface area contributed by atoms with E-state index in [1.807, 2.05) is 30.2 Å². The van der Waals surface area contributed by atoms with E-state index in [-0.39, 0.29) is 12.1 Å². The standard InChI is InChI=1S/C14H21N5O2/c1-11-16-3-6-18(11)4-2-5-19-8-12(7-17-19)21-14-10-20-9-13(14)15/h3,6-8,13-14H,2,4-5,9-10,15H2,1H3/t13-,14+/m0/s1. The SMILES string of the molecule is Cc1nccn1CCCn1cc(O[C@@H]2COC[C@@H]2N)cn1. The molecule has 0 amide bonds. The van der Waals surface area contributed by atoms with Crippen molar-refractivity contribution in [2.24, 2.45) is 5.73 Å². The second-order valence-electron chi connectivity index (χ2n) is 5.32. The molecule has 2 N–H and O–H groups in total. The van der Waals surface area contributed by atoms with Gasteiger partial charge in [0.2, 0.25) is 0 Å². The van der Waals surface area contributed by atoms with Gasteiger partial charge in [-0.2, -0.15) is 5.10 Å². The molecule has 0 aromatic carbocycles. The molecule has 1 aliphatic heterocycles. The zero-order valence-electron chi connectivity index (χ0n) is 12.2. The molecule has 3 heterocycles. The lowest BCUT2D eigenvalue weighted by atomic mass is 10.2. The first-order valence-electron chi connectivity index (χ1n) is 7.22. The number of aryl methyl sites for hydroxylation is 3. The Kier molecular flexibility index (Phi) is 4.21. The van der Waals surface area contributed by atoms with Crippen LogP contribution in [0.2, 0.25) is 0 Å². The summed E-state index contributed by atoms with van der Waals surface area (Å²) >= 11 is 0. The molecule has 114 valence electrons. The van der Waals surface area contributed by atoms with Crippen molar-refractivity contribution in [2.45, 2.75) is 38.6 Å². The van der Waals surface area contributed by atoms with Crippen molar-refractivity contribution in [3.8, 4) is 5.75 Å². The average Bonchev–Trinajstić information content (AvgIpc) is 3.16. The monoisotopic (exact) mass is 291 g/mol. The summed E-state index contributed by atoms with van der Waals surface area (Å²) in [5.74, 6) is 1.79. The summed E-state index contributed by atoms with van der Waals surface area (Å²) in [7, 11) is 0. The van der Waals surface area contributed by atoms with Crippen LogP contribution in [0.5, 0.6) is 5.75 Å². The average molecular weight is 291 g/mol. The van der Waals surface area contributed by atoms with Crippen molar-refractivity contribution in [2.75, 3.05) is 13.2 Å². The summed E-state index contributed by atoms with van der Waals surface area (Å²) in [6.45, 7) is 4.89. The molecule has 7 heteroatoms. The molecule has 21 heavy (non-hydrogen) atoms. The maximum atomic E-state index is 5.90. The van der Waals surface area contributed by atoms with E-state index in [2.05, 4.69) is 14.6 Å². The molecule has 2 atom stereocenters. The van der Waals surface area contributed by atoms with Crippen molar-refractivity contribution in [1.29, 1.82) is 0 Å². The van der Waals surface area contributed by atoms with Crippen LogP contribution in [0.15, 0.2) is 24.8 Å². The Labute approximate surface area is 123 Å². The Morgan fingerprint density at radius 2 is 2.33 bits per heavy atom. The molecule has 0 spiro atoms. The highest BCUT2D eigenvalue weighted by Crippen LogP contribution is 2.15. The summed E-state index contributed by atoms with van der Waals surface area (Å²) in [6.07, 6.45) is 8.37. The van der Waals surface area contributed by atoms with E-state index >= 15 is 0 Å². The first-order chi connectivity index (χ1) is 10.2. The lowest BCUT2D eigenvalue weighted by Gasteiger charge is -2.13. The van der Waals surface area contributed by atoms with E-state index in [9.17, 15) is 0 Å². The van der Waals surface area contributed by atoms with E-state index in [0.29, 0.717) is 13.2 Å². The highest BCUT2D eigenvalue weighted by molar-refractivity contribution is 5.13. The van der Waals surface area contributed by atoms with E-state index in [4.69, 9.17) is 15.2 Å². The molecule has 1 saturated heterocycles. The third-order valence-corrected chi connectivity index (χ3v) is 3.68. The number of aromatic nitrogens is 4. The van der Waals surface area contributed by atoms with Gasteiger partial charge in [-0.1, -0.05) is 0 Å². The summed E-state index contributed by atoms with van der Waals surface area (Å²) in [5.41, 5.74) is 5.90. The predicted octanol–water partition coefficient (Wildman–Crippen LogP) is 0.583. The van der Waals surface area contributed by atoms with Crippen LogP contribution in [0, 0.1) is 6.92 Å². The third-order valence-electron chi connectivity index (χ3n) is 3.68. The maximum Gasteiger partial charge on any atom is 0.157 e. The Morgan fingerprint density at radius 3 is 3.05 bits per heavy atom. The highest BCUT2D eigenvalue weighted by atomic mass is 16.5. The number of nitrogens with zero attached hydrogens (tertiary/aromatic N) is 4. The Bertz CT molecular complexity index is 579. The number of ether oxygens (including phenoxy) is 2. The fourth-order valence-electron chi connectivity index (χ4n) is 2.42. The number of hydrogen-bond donors (Lipinski definition) is 1. The van der Waals surface area contributed by atoms with Crippen LogP contribution in [0.3, 0.4) is 0 Å². The Balaban J connectivity index is 1.47. The quantitative estimate of drug-likeness (QED) is 0.842. The van der Waals surface area contributed by atoms with Gasteiger partial charge >= 0.3 is 0 Å². The molecule has 3 rings (SSSR count). The summed E-state index contributed by atoms with van der Waals surface area (Å²) in [5, 5.41) is 4.31. The molecule has 2 aromatic heterocycles. The zero-order chi connectivity index (χ0) is 14.7. The molecule has 2 aromatic rings. The molecule has 0 aliphatic carbocycles. The van der Waals surface area contributed by atoms with Gasteiger partial charge < -0.3 is 19.8 Å². The molecule has 1 aliphatic rings. The van der Waals surface area contributed by atoms with Crippen LogP contribution >= 0.6 is 0 Å². The van der Waals surface area contributed by atoms with E-state index in [1.165, 1.54) is 0 Å². The first kappa shape index (κ1) is 14.1. The van der Waals surface area contributed by atoms with Gasteiger partial charge in [-0.15, -0.1) is 0 Å². The van der Waals surface area contributed by atoms with Crippen molar-refractivity contribution >= 4 is 0 Å². The van der Waals surface area contributed by atoms with Gasteiger partial charge in [-0.05, 0) is 13.3 Å². The van der Waals surface area contributed by atoms with Gasteiger partial charge in [-0.25, -0.2) is 4.98 Å². The molecule has 0 unspecified atom stereocenters. The molecule has 0 saturated carbocycles. The smallest absolute Gasteiger partial charge is 0.157 e. The largest absolute Gasteiger partial charge is 0.483 e. The van der Waals surface area contributed by atoms with Gasteiger partial charge in [0.25, 0.3) is 0 Å². The predicted molar refractivity (Wildman–Crippen MR) is 77.0 cm³/mol. The fraction of sp³-hybridized carbons (Fsp3) is 0.571. The van der Waals surface area contributed by atoms with Crippen molar-refractivity contribution < 1.29 is 9.47 Å². The van der Waals surface area contributed by atoms with Crippen LogP contribution in [-0.4, -0.2) is 44.7 Å². The van der Waals surface area contributed by atoms with Crippen LogP contribution < -0.4 is 10.5 Å². The van der Waals surface area contributed by atoms with Gasteiger partial charge in [0.15, 0.2) is 5.75 Å². The van der Waals surface area contributed by atoms with Crippen LogP contribution in [0.1, 0.15) is 12.2 Å². The van der Waals surface area contributed by atoms with Crippen LogP contribution in [0.4, 0.5) is 0 Å². The number of rotatable bonds is 6. The van der Waals surface area contributed by atoms with E-state index in [1.54, 1.807) is 6.20 Å². The minimum Gasteiger partial charge on any atom is -0.483 e. The highest BCUT2D eigenvalue weighted by Gasteiger charge is 2.26. The Hall–Kier alpha value is -1.86. The number of nitrogens with two attached hydrogens (primary N) is 1. The minimum absolute atomic E-state index is 0.0578. The van der Waals surface area contributed by atoms with Gasteiger partial charge in [0.1, 0.15) is 11.9 Å². The number of hydrogen-bond acceptors (Lipinski definition) is 5. The number of imidazole rings is 1. The third kappa shape index (κ3) is 3.43. The molecular formula is C14H21N5O2. The topological polar surface area (TPSA) is 80.1 Å². The molecule has 0 bridgehead atoms. The second-order valence-corrected chi connectivity index (χ2v) is 5.32. The maximum absolute atomic E-state index is 5.90. The zero-order valence-corrected chi connectivity index (χ0v) is 12.2. The molecule has 0 radical (unpaired) electrons.